The van der Waals surface area contributed by atoms with Gasteiger partial charge in [0.2, 0.25) is 5.89 Å². The summed E-state index contributed by atoms with van der Waals surface area (Å²) in [6, 6.07) is 0. The average molecular weight is 343 g/mol. The first-order valence-corrected chi connectivity index (χ1v) is 9.09. The van der Waals surface area contributed by atoms with Crippen LogP contribution in [-0.2, 0) is 18.9 Å². The van der Waals surface area contributed by atoms with Crippen LogP contribution in [0.1, 0.15) is 55.2 Å². The van der Waals surface area contributed by atoms with Crippen LogP contribution in [0.2, 0.25) is 0 Å². The fourth-order valence-corrected chi connectivity index (χ4v) is 4.41. The predicted molar refractivity (Wildman–Crippen MR) is 91.0 cm³/mol. The first-order valence-electron chi connectivity index (χ1n) is 9.09. The van der Waals surface area contributed by atoms with Gasteiger partial charge < -0.3 is 9.42 Å². The van der Waals surface area contributed by atoms with E-state index in [-0.39, 0.29) is 11.3 Å². The summed E-state index contributed by atoms with van der Waals surface area (Å²) < 4.78 is 7.16. The molecule has 2 fully saturated rings. The van der Waals surface area contributed by atoms with Gasteiger partial charge in [-0.3, -0.25) is 9.48 Å². The van der Waals surface area contributed by atoms with E-state index >= 15 is 0 Å². The molecule has 2 atom stereocenters. The lowest BCUT2D eigenvalue weighted by atomic mass is 9.80. The number of carbonyl (C=O) groups is 1. The van der Waals surface area contributed by atoms with E-state index in [4.69, 9.17) is 9.51 Å². The van der Waals surface area contributed by atoms with Crippen LogP contribution in [0, 0.1) is 11.8 Å². The maximum absolute atomic E-state index is 12.8. The molecule has 2 aliphatic rings. The molecule has 0 spiro atoms. The summed E-state index contributed by atoms with van der Waals surface area (Å²) >= 11 is 0. The number of hydrogen-bond donors (Lipinski definition) is 0. The van der Waals surface area contributed by atoms with E-state index in [1.54, 1.807) is 17.1 Å². The molecule has 134 valence electrons. The molecule has 2 aromatic heterocycles. The Morgan fingerprint density at radius 3 is 3.04 bits per heavy atom. The van der Waals surface area contributed by atoms with E-state index in [1.165, 1.54) is 0 Å². The predicted octanol–water partition coefficient (Wildman–Crippen LogP) is 2.20. The molecule has 7 nitrogen and oxygen atoms in total. The lowest BCUT2D eigenvalue weighted by Gasteiger charge is -2.24. The molecule has 0 bridgehead atoms. The van der Waals surface area contributed by atoms with Gasteiger partial charge in [-0.15, -0.1) is 0 Å². The zero-order valence-corrected chi connectivity index (χ0v) is 15.1. The van der Waals surface area contributed by atoms with E-state index in [0.29, 0.717) is 29.8 Å². The number of amides is 1. The van der Waals surface area contributed by atoms with Gasteiger partial charge in [0.25, 0.3) is 5.91 Å². The van der Waals surface area contributed by atoms with Gasteiger partial charge in [0.15, 0.2) is 5.82 Å². The van der Waals surface area contributed by atoms with E-state index in [9.17, 15) is 4.79 Å². The molecule has 7 heteroatoms. The van der Waals surface area contributed by atoms with Gasteiger partial charge >= 0.3 is 0 Å². The largest absolute Gasteiger partial charge is 0.339 e. The molecule has 0 N–H and O–H groups in total. The van der Waals surface area contributed by atoms with Crippen LogP contribution in [0.3, 0.4) is 0 Å². The van der Waals surface area contributed by atoms with Crippen LogP contribution in [-0.4, -0.2) is 43.8 Å². The Morgan fingerprint density at radius 2 is 2.32 bits per heavy atom. The summed E-state index contributed by atoms with van der Waals surface area (Å²) in [5.41, 5.74) is 0.502. The second-order valence-electron chi connectivity index (χ2n) is 7.94. The van der Waals surface area contributed by atoms with Gasteiger partial charge in [-0.2, -0.15) is 10.1 Å². The number of aryl methyl sites for hydroxylation is 1. The van der Waals surface area contributed by atoms with Crippen molar-refractivity contribution >= 4 is 5.91 Å². The molecule has 0 aromatic carbocycles. The Bertz CT molecular complexity index is 780. The minimum Gasteiger partial charge on any atom is -0.339 e. The number of rotatable bonds is 4. The monoisotopic (exact) mass is 343 g/mol. The Labute approximate surface area is 147 Å². The third-order valence-corrected chi connectivity index (χ3v) is 5.61. The van der Waals surface area contributed by atoms with Gasteiger partial charge in [-0.05, 0) is 24.7 Å². The average Bonchev–Trinajstić information content (AvgIpc) is 3.27. The van der Waals surface area contributed by atoms with E-state index < -0.39 is 0 Å². The quantitative estimate of drug-likeness (QED) is 0.850. The highest BCUT2D eigenvalue weighted by Crippen LogP contribution is 2.49. The molecule has 2 aromatic rings. The molecular weight excluding hydrogens is 318 g/mol. The van der Waals surface area contributed by atoms with Gasteiger partial charge in [0.05, 0.1) is 17.2 Å². The second-order valence-corrected chi connectivity index (χ2v) is 7.94. The topological polar surface area (TPSA) is 77.1 Å². The first kappa shape index (κ1) is 16.3. The van der Waals surface area contributed by atoms with E-state index in [2.05, 4.69) is 24.1 Å². The van der Waals surface area contributed by atoms with Crippen LogP contribution in [0.5, 0.6) is 0 Å². The standard InChI is InChI=1S/C18H25N5O2/c1-12(2)7-15-20-17(21-25-15)18-6-4-5-14(18)10-23(11-18)16(24)13-8-19-22(3)9-13/h8-9,12,14H,4-7,10-11H2,1-3H3. The Kier molecular flexibility index (Phi) is 3.89. The molecule has 1 saturated heterocycles. The van der Waals surface area contributed by atoms with E-state index in [0.717, 1.165) is 38.1 Å². The summed E-state index contributed by atoms with van der Waals surface area (Å²) in [6.07, 6.45) is 7.51. The van der Waals surface area contributed by atoms with Gasteiger partial charge in [0.1, 0.15) is 0 Å². The van der Waals surface area contributed by atoms with Crippen molar-refractivity contribution in [2.75, 3.05) is 13.1 Å². The molecule has 1 amide bonds. The van der Waals surface area contributed by atoms with Crippen molar-refractivity contribution in [3.05, 3.63) is 29.7 Å². The summed E-state index contributed by atoms with van der Waals surface area (Å²) in [4.78, 5) is 19.5. The molecular formula is C18H25N5O2. The van der Waals surface area contributed by atoms with Crippen molar-refractivity contribution in [3.63, 3.8) is 0 Å². The van der Waals surface area contributed by atoms with Crippen molar-refractivity contribution in [2.24, 2.45) is 18.9 Å². The van der Waals surface area contributed by atoms with Gasteiger partial charge in [0, 0.05) is 32.8 Å². The Balaban J connectivity index is 1.58. The van der Waals surface area contributed by atoms with E-state index in [1.807, 2.05) is 11.9 Å². The molecule has 1 aliphatic carbocycles. The Hall–Kier alpha value is -2.18. The van der Waals surface area contributed by atoms with Crippen molar-refractivity contribution in [2.45, 2.75) is 44.9 Å². The second kappa shape index (κ2) is 5.97. The molecule has 2 unspecified atom stereocenters. The number of aromatic nitrogens is 4. The normalized spacial score (nSPS) is 25.8. The lowest BCUT2D eigenvalue weighted by molar-refractivity contribution is 0.0777. The minimum atomic E-state index is -0.142. The minimum absolute atomic E-state index is 0.0489. The molecule has 4 rings (SSSR count). The molecule has 3 heterocycles. The van der Waals surface area contributed by atoms with Crippen molar-refractivity contribution in [1.82, 2.24) is 24.8 Å². The zero-order valence-electron chi connectivity index (χ0n) is 15.1. The first-order chi connectivity index (χ1) is 12.0. The van der Waals surface area contributed by atoms with Crippen LogP contribution < -0.4 is 0 Å². The number of carbonyl (C=O) groups excluding carboxylic acids is 1. The fourth-order valence-electron chi connectivity index (χ4n) is 4.41. The number of likely N-dealkylation sites (tertiary alicyclic amines) is 1. The summed E-state index contributed by atoms with van der Waals surface area (Å²) in [6.45, 7) is 5.72. The van der Waals surface area contributed by atoms with Crippen LogP contribution in [0.25, 0.3) is 0 Å². The Morgan fingerprint density at radius 1 is 1.48 bits per heavy atom. The van der Waals surface area contributed by atoms with Crippen LogP contribution in [0.4, 0.5) is 0 Å². The van der Waals surface area contributed by atoms with Gasteiger partial charge in [-0.1, -0.05) is 25.4 Å². The smallest absolute Gasteiger partial charge is 0.257 e. The maximum atomic E-state index is 12.8. The highest BCUT2D eigenvalue weighted by Gasteiger charge is 2.54. The molecule has 1 saturated carbocycles. The fraction of sp³-hybridized carbons (Fsp3) is 0.667. The number of fused-ring (bicyclic) bond motifs is 1. The summed E-state index contributed by atoms with van der Waals surface area (Å²) in [7, 11) is 1.83. The molecule has 1 aliphatic heterocycles. The highest BCUT2D eigenvalue weighted by atomic mass is 16.5. The van der Waals surface area contributed by atoms with Crippen LogP contribution in [0.15, 0.2) is 16.9 Å². The number of hydrogen-bond acceptors (Lipinski definition) is 5. The van der Waals surface area contributed by atoms with Crippen molar-refractivity contribution < 1.29 is 9.32 Å². The van der Waals surface area contributed by atoms with Gasteiger partial charge in [-0.25, -0.2) is 0 Å². The SMILES string of the molecule is CC(C)Cc1nc(C23CCCC2CN(C(=O)c2cnn(C)c2)C3)no1. The number of nitrogens with zero attached hydrogens (tertiary/aromatic N) is 5. The van der Waals surface area contributed by atoms with Crippen LogP contribution >= 0.6 is 0 Å². The van der Waals surface area contributed by atoms with Crippen molar-refractivity contribution in [1.29, 1.82) is 0 Å². The maximum Gasteiger partial charge on any atom is 0.257 e. The summed E-state index contributed by atoms with van der Waals surface area (Å²) in [5, 5.41) is 8.43. The zero-order chi connectivity index (χ0) is 17.6. The summed E-state index contributed by atoms with van der Waals surface area (Å²) in [5.74, 6) is 2.46. The lowest BCUT2D eigenvalue weighted by Crippen LogP contribution is -2.35. The molecule has 0 radical (unpaired) electrons. The third kappa shape index (κ3) is 2.75. The van der Waals surface area contributed by atoms with Crippen molar-refractivity contribution in [3.8, 4) is 0 Å². The third-order valence-electron chi connectivity index (χ3n) is 5.61. The highest BCUT2D eigenvalue weighted by molar-refractivity contribution is 5.94. The molecule has 25 heavy (non-hydrogen) atoms.